The summed E-state index contributed by atoms with van der Waals surface area (Å²) in [5.41, 5.74) is 0.0724. The lowest BCUT2D eigenvalue weighted by atomic mass is 10.1. The van der Waals surface area contributed by atoms with Crippen molar-refractivity contribution in [3.8, 4) is 0 Å². The van der Waals surface area contributed by atoms with Gasteiger partial charge in [0.15, 0.2) is 5.82 Å². The van der Waals surface area contributed by atoms with E-state index in [4.69, 9.17) is 9.26 Å². The summed E-state index contributed by atoms with van der Waals surface area (Å²) in [6.45, 7) is 4.03. The number of aryl methyl sites for hydroxylation is 1. The van der Waals surface area contributed by atoms with Crippen LogP contribution in [-0.4, -0.2) is 34.7 Å². The number of aromatic nitrogens is 2. The molecular weight excluding hydrogens is 311 g/mol. The van der Waals surface area contributed by atoms with Crippen molar-refractivity contribution in [2.75, 3.05) is 19.7 Å². The predicted molar refractivity (Wildman–Crippen MR) is 74.4 cm³/mol. The molecule has 0 N–H and O–H groups in total. The van der Waals surface area contributed by atoms with Gasteiger partial charge in [-0.15, -0.1) is 0 Å². The van der Waals surface area contributed by atoms with E-state index in [0.717, 1.165) is 17.7 Å². The molecular formula is C15H16F3N3O2. The van der Waals surface area contributed by atoms with Gasteiger partial charge in [-0.1, -0.05) is 17.3 Å². The summed E-state index contributed by atoms with van der Waals surface area (Å²) < 4.78 is 48.4. The molecule has 2 aromatic rings. The van der Waals surface area contributed by atoms with Crippen molar-refractivity contribution >= 4 is 0 Å². The van der Waals surface area contributed by atoms with Crippen molar-refractivity contribution in [1.82, 2.24) is 15.0 Å². The lowest BCUT2D eigenvalue weighted by Crippen LogP contribution is -2.38. The molecule has 1 aromatic heterocycles. The van der Waals surface area contributed by atoms with Gasteiger partial charge >= 0.3 is 6.18 Å². The Balaban J connectivity index is 1.66. The van der Waals surface area contributed by atoms with Crippen LogP contribution in [0.3, 0.4) is 0 Å². The third-order valence-electron chi connectivity index (χ3n) is 3.70. The summed E-state index contributed by atoms with van der Waals surface area (Å²) in [7, 11) is 0. The van der Waals surface area contributed by atoms with Crippen LogP contribution < -0.4 is 0 Å². The number of ether oxygens (including phenoxy) is 1. The van der Waals surface area contributed by atoms with Crippen LogP contribution in [0.2, 0.25) is 0 Å². The van der Waals surface area contributed by atoms with E-state index in [0.29, 0.717) is 38.0 Å². The summed E-state index contributed by atoms with van der Waals surface area (Å²) >= 11 is 0. The molecule has 23 heavy (non-hydrogen) atoms. The standard InChI is InChI=1S/C15H16F3N3O2/c1-10-19-14(20-23-10)9-21-6-7-22-13(8-21)11-2-4-12(5-3-11)15(16,17)18/h2-5,13H,6-9H2,1H3/t13-/m1/s1. The van der Waals surface area contributed by atoms with E-state index in [2.05, 4.69) is 15.0 Å². The van der Waals surface area contributed by atoms with Crippen LogP contribution >= 0.6 is 0 Å². The van der Waals surface area contributed by atoms with E-state index in [1.165, 1.54) is 12.1 Å². The molecule has 1 aliphatic rings. The van der Waals surface area contributed by atoms with Gasteiger partial charge in [0.2, 0.25) is 5.89 Å². The van der Waals surface area contributed by atoms with Crippen LogP contribution in [0.1, 0.15) is 28.9 Å². The van der Waals surface area contributed by atoms with Gasteiger partial charge in [0.25, 0.3) is 0 Å². The largest absolute Gasteiger partial charge is 0.416 e. The molecule has 5 nitrogen and oxygen atoms in total. The minimum atomic E-state index is -4.32. The van der Waals surface area contributed by atoms with Crippen LogP contribution in [0.4, 0.5) is 13.2 Å². The zero-order valence-corrected chi connectivity index (χ0v) is 12.5. The number of rotatable bonds is 3. The Morgan fingerprint density at radius 1 is 1.26 bits per heavy atom. The van der Waals surface area contributed by atoms with Gasteiger partial charge in [0, 0.05) is 20.0 Å². The fourth-order valence-corrected chi connectivity index (χ4v) is 2.54. The van der Waals surface area contributed by atoms with E-state index in [-0.39, 0.29) is 6.10 Å². The van der Waals surface area contributed by atoms with Crippen molar-refractivity contribution in [3.63, 3.8) is 0 Å². The average Bonchev–Trinajstić information content (AvgIpc) is 2.92. The molecule has 1 saturated heterocycles. The number of benzene rings is 1. The van der Waals surface area contributed by atoms with Crippen molar-refractivity contribution in [2.24, 2.45) is 0 Å². The zero-order chi connectivity index (χ0) is 16.4. The number of alkyl halides is 3. The molecule has 124 valence electrons. The fraction of sp³-hybridized carbons (Fsp3) is 0.467. The van der Waals surface area contributed by atoms with E-state index in [1.807, 2.05) is 0 Å². The Labute approximate surface area is 131 Å². The Bertz CT molecular complexity index is 655. The summed E-state index contributed by atoms with van der Waals surface area (Å²) in [5, 5.41) is 3.85. The molecule has 0 amide bonds. The van der Waals surface area contributed by atoms with Crippen molar-refractivity contribution in [1.29, 1.82) is 0 Å². The highest BCUT2D eigenvalue weighted by Crippen LogP contribution is 2.31. The lowest BCUT2D eigenvalue weighted by molar-refractivity contribution is -0.137. The number of nitrogens with zero attached hydrogens (tertiary/aromatic N) is 3. The maximum Gasteiger partial charge on any atom is 0.416 e. The zero-order valence-electron chi connectivity index (χ0n) is 12.5. The highest BCUT2D eigenvalue weighted by Gasteiger charge is 2.31. The predicted octanol–water partition coefficient (Wildman–Crippen LogP) is 2.97. The second-order valence-corrected chi connectivity index (χ2v) is 5.44. The average molecular weight is 327 g/mol. The summed E-state index contributed by atoms with van der Waals surface area (Å²) in [6.07, 6.45) is -4.59. The van der Waals surface area contributed by atoms with Gasteiger partial charge in [-0.05, 0) is 17.7 Å². The molecule has 0 aliphatic carbocycles. The maximum absolute atomic E-state index is 12.6. The third kappa shape index (κ3) is 3.89. The van der Waals surface area contributed by atoms with Gasteiger partial charge < -0.3 is 9.26 Å². The molecule has 0 unspecified atom stereocenters. The molecule has 1 aromatic carbocycles. The van der Waals surface area contributed by atoms with E-state index in [1.54, 1.807) is 6.92 Å². The maximum atomic E-state index is 12.6. The highest BCUT2D eigenvalue weighted by molar-refractivity contribution is 5.26. The van der Waals surface area contributed by atoms with Gasteiger partial charge in [-0.2, -0.15) is 18.2 Å². The SMILES string of the molecule is Cc1nc(CN2CCO[C@@H](c3ccc(C(F)(F)F)cc3)C2)no1. The molecule has 1 aliphatic heterocycles. The fourth-order valence-electron chi connectivity index (χ4n) is 2.54. The van der Waals surface area contributed by atoms with Crippen molar-refractivity contribution < 1.29 is 22.4 Å². The second-order valence-electron chi connectivity index (χ2n) is 5.44. The van der Waals surface area contributed by atoms with Crippen LogP contribution in [0, 0.1) is 6.92 Å². The summed E-state index contributed by atoms with van der Waals surface area (Å²) in [5.74, 6) is 1.10. The number of hydrogen-bond donors (Lipinski definition) is 0. The molecule has 2 heterocycles. The molecule has 0 bridgehead atoms. The van der Waals surface area contributed by atoms with Gasteiger partial charge in [0.1, 0.15) is 0 Å². The molecule has 0 spiro atoms. The molecule has 1 fully saturated rings. The monoisotopic (exact) mass is 327 g/mol. The first-order valence-corrected chi connectivity index (χ1v) is 7.22. The van der Waals surface area contributed by atoms with Crippen molar-refractivity contribution in [3.05, 3.63) is 47.1 Å². The summed E-state index contributed by atoms with van der Waals surface area (Å²) in [4.78, 5) is 6.25. The third-order valence-corrected chi connectivity index (χ3v) is 3.70. The van der Waals surface area contributed by atoms with Crippen LogP contribution in [0.15, 0.2) is 28.8 Å². The molecule has 3 rings (SSSR count). The Kier molecular flexibility index (Phi) is 4.36. The Morgan fingerprint density at radius 2 is 2.00 bits per heavy atom. The van der Waals surface area contributed by atoms with Crippen LogP contribution in [-0.2, 0) is 17.5 Å². The summed E-state index contributed by atoms with van der Waals surface area (Å²) in [6, 6.07) is 5.10. The van der Waals surface area contributed by atoms with E-state index in [9.17, 15) is 13.2 Å². The quantitative estimate of drug-likeness (QED) is 0.867. The minimum absolute atomic E-state index is 0.265. The van der Waals surface area contributed by atoms with E-state index < -0.39 is 11.7 Å². The van der Waals surface area contributed by atoms with Gasteiger partial charge in [0.05, 0.1) is 24.8 Å². The number of halogens is 3. The number of hydrogen-bond acceptors (Lipinski definition) is 5. The van der Waals surface area contributed by atoms with E-state index >= 15 is 0 Å². The molecule has 0 radical (unpaired) electrons. The topological polar surface area (TPSA) is 51.4 Å². The Morgan fingerprint density at radius 3 is 2.61 bits per heavy atom. The van der Waals surface area contributed by atoms with Gasteiger partial charge in [-0.3, -0.25) is 4.90 Å². The molecule has 1 atom stereocenters. The Hall–Kier alpha value is -1.93. The number of morpholine rings is 1. The van der Waals surface area contributed by atoms with Crippen molar-refractivity contribution in [2.45, 2.75) is 25.7 Å². The second kappa shape index (κ2) is 6.29. The van der Waals surface area contributed by atoms with Gasteiger partial charge in [-0.25, -0.2) is 0 Å². The normalized spacial score (nSPS) is 19.9. The molecule has 0 saturated carbocycles. The molecule has 8 heteroatoms. The minimum Gasteiger partial charge on any atom is -0.371 e. The van der Waals surface area contributed by atoms with Crippen LogP contribution in [0.25, 0.3) is 0 Å². The first-order chi connectivity index (χ1) is 10.9. The first kappa shape index (κ1) is 15.9. The first-order valence-electron chi connectivity index (χ1n) is 7.22. The smallest absolute Gasteiger partial charge is 0.371 e. The van der Waals surface area contributed by atoms with Crippen LogP contribution in [0.5, 0.6) is 0 Å². The highest BCUT2D eigenvalue weighted by atomic mass is 19.4. The lowest BCUT2D eigenvalue weighted by Gasteiger charge is -2.32.